The zero-order chi connectivity index (χ0) is 19.6. The Kier molecular flexibility index (Phi) is 5.66. The van der Waals surface area contributed by atoms with Crippen LogP contribution in [0.5, 0.6) is 0 Å². The Balaban J connectivity index is 2.50. The molecule has 1 fully saturated rings. The summed E-state index contributed by atoms with van der Waals surface area (Å²) in [7, 11) is 0. The van der Waals surface area contributed by atoms with Gasteiger partial charge in [-0.1, -0.05) is 12.7 Å². The van der Waals surface area contributed by atoms with Crippen molar-refractivity contribution in [3.8, 4) is 0 Å². The van der Waals surface area contributed by atoms with Gasteiger partial charge in [-0.15, -0.1) is 0 Å². The topological polar surface area (TPSA) is 89.9 Å². The summed E-state index contributed by atoms with van der Waals surface area (Å²) in [4.78, 5) is 36.5. The quantitative estimate of drug-likeness (QED) is 0.600. The molecule has 1 aliphatic carbocycles. The summed E-state index contributed by atoms with van der Waals surface area (Å²) >= 11 is 0. The molecule has 2 rings (SSSR count). The zero-order valence-corrected chi connectivity index (χ0v) is 15.4. The summed E-state index contributed by atoms with van der Waals surface area (Å²) in [5.74, 6) is -2.13. The molecule has 4 atom stereocenters. The lowest BCUT2D eigenvalue weighted by molar-refractivity contribution is -0.150. The van der Waals surface area contributed by atoms with Gasteiger partial charge in [0, 0.05) is 17.6 Å². The molecule has 0 saturated carbocycles. The highest BCUT2D eigenvalue weighted by molar-refractivity contribution is 6.03. The second-order valence-corrected chi connectivity index (χ2v) is 6.94. The summed E-state index contributed by atoms with van der Waals surface area (Å²) in [6.07, 6.45) is 4.15. The van der Waals surface area contributed by atoms with Crippen LogP contribution in [-0.2, 0) is 23.9 Å². The summed E-state index contributed by atoms with van der Waals surface area (Å²) < 4.78 is 10.9. The molecule has 1 heterocycles. The van der Waals surface area contributed by atoms with Crippen LogP contribution in [-0.4, -0.2) is 40.6 Å². The third-order valence-corrected chi connectivity index (χ3v) is 4.69. The number of carbonyl (C=O) groups excluding carboxylic acids is 3. The monoisotopic (exact) mass is 360 g/mol. The predicted octanol–water partition coefficient (Wildman–Crippen LogP) is 2.19. The van der Waals surface area contributed by atoms with Crippen molar-refractivity contribution in [1.82, 2.24) is 0 Å². The Morgan fingerprint density at radius 1 is 1.46 bits per heavy atom. The van der Waals surface area contributed by atoms with Crippen molar-refractivity contribution in [1.29, 1.82) is 0 Å². The smallest absolute Gasteiger partial charge is 0.334 e. The SMILES string of the molecule is C=C1C(=O)O[C@@H]2/C=C(\C)C(=O)/C=C/[C@](C)(O)C[C@@H](OC(=O)/C(C)=C/C)[C@@H]12. The van der Waals surface area contributed by atoms with Crippen LogP contribution in [0.1, 0.15) is 34.1 Å². The van der Waals surface area contributed by atoms with E-state index >= 15 is 0 Å². The van der Waals surface area contributed by atoms with E-state index in [9.17, 15) is 19.5 Å². The first-order valence-electron chi connectivity index (χ1n) is 8.44. The molecule has 0 aromatic rings. The van der Waals surface area contributed by atoms with E-state index in [0.717, 1.165) is 0 Å². The average Bonchev–Trinajstić information content (AvgIpc) is 2.84. The maximum Gasteiger partial charge on any atom is 0.334 e. The Hall–Kier alpha value is -2.47. The Morgan fingerprint density at radius 2 is 2.12 bits per heavy atom. The van der Waals surface area contributed by atoms with Crippen molar-refractivity contribution < 1.29 is 29.0 Å². The van der Waals surface area contributed by atoms with Crippen LogP contribution in [0.25, 0.3) is 0 Å². The van der Waals surface area contributed by atoms with Crippen LogP contribution >= 0.6 is 0 Å². The van der Waals surface area contributed by atoms with E-state index in [0.29, 0.717) is 11.1 Å². The normalized spacial score (nSPS) is 35.9. The van der Waals surface area contributed by atoms with Crippen molar-refractivity contribution in [2.75, 3.05) is 0 Å². The number of aliphatic hydroxyl groups is 1. The van der Waals surface area contributed by atoms with Crippen LogP contribution in [0, 0.1) is 5.92 Å². The molecule has 6 heteroatoms. The minimum Gasteiger partial charge on any atom is -0.458 e. The van der Waals surface area contributed by atoms with Crippen LogP contribution < -0.4 is 0 Å². The van der Waals surface area contributed by atoms with Gasteiger partial charge in [-0.05, 0) is 51.5 Å². The van der Waals surface area contributed by atoms with Crippen LogP contribution in [0.2, 0.25) is 0 Å². The molecule has 1 N–H and O–H groups in total. The van der Waals surface area contributed by atoms with Gasteiger partial charge in [-0.3, -0.25) is 4.79 Å². The third-order valence-electron chi connectivity index (χ3n) is 4.69. The van der Waals surface area contributed by atoms with Crippen molar-refractivity contribution >= 4 is 17.7 Å². The van der Waals surface area contributed by atoms with E-state index < -0.39 is 35.7 Å². The molecular weight excluding hydrogens is 336 g/mol. The highest BCUT2D eigenvalue weighted by Crippen LogP contribution is 2.37. The molecule has 0 bridgehead atoms. The van der Waals surface area contributed by atoms with E-state index in [1.54, 1.807) is 26.8 Å². The molecular formula is C20H24O6. The average molecular weight is 360 g/mol. The number of esters is 2. The molecule has 0 amide bonds. The van der Waals surface area contributed by atoms with Gasteiger partial charge in [0.25, 0.3) is 0 Å². The minimum atomic E-state index is -1.42. The largest absolute Gasteiger partial charge is 0.458 e. The van der Waals surface area contributed by atoms with Gasteiger partial charge in [0.15, 0.2) is 5.78 Å². The van der Waals surface area contributed by atoms with Crippen LogP contribution in [0.15, 0.2) is 47.6 Å². The van der Waals surface area contributed by atoms with Crippen LogP contribution in [0.3, 0.4) is 0 Å². The maximum atomic E-state index is 12.3. The second-order valence-electron chi connectivity index (χ2n) is 6.94. The molecule has 6 nitrogen and oxygen atoms in total. The Labute approximate surface area is 152 Å². The Bertz CT molecular complexity index is 737. The summed E-state index contributed by atoms with van der Waals surface area (Å²) in [6, 6.07) is 0. The van der Waals surface area contributed by atoms with E-state index in [2.05, 4.69) is 6.58 Å². The molecule has 26 heavy (non-hydrogen) atoms. The molecule has 2 aliphatic rings. The summed E-state index contributed by atoms with van der Waals surface area (Å²) in [5.41, 5.74) is -0.487. The van der Waals surface area contributed by atoms with Gasteiger partial charge in [0.05, 0.1) is 11.5 Å². The number of carbonyl (C=O) groups is 3. The molecule has 1 saturated heterocycles. The number of fused-ring (bicyclic) bond motifs is 1. The molecule has 0 radical (unpaired) electrons. The van der Waals surface area contributed by atoms with Gasteiger partial charge in [0.2, 0.25) is 0 Å². The maximum absolute atomic E-state index is 12.3. The molecule has 0 spiro atoms. The number of rotatable bonds is 2. The van der Waals surface area contributed by atoms with E-state index in [-0.39, 0.29) is 17.8 Å². The highest BCUT2D eigenvalue weighted by Gasteiger charge is 2.46. The first-order valence-corrected chi connectivity index (χ1v) is 8.44. The van der Waals surface area contributed by atoms with Crippen molar-refractivity contribution in [2.24, 2.45) is 5.92 Å². The molecule has 0 aromatic heterocycles. The van der Waals surface area contributed by atoms with Gasteiger partial charge in [-0.25, -0.2) is 9.59 Å². The molecule has 0 unspecified atom stereocenters. The van der Waals surface area contributed by atoms with Crippen LogP contribution in [0.4, 0.5) is 0 Å². The van der Waals surface area contributed by atoms with Crippen molar-refractivity contribution in [3.05, 3.63) is 47.6 Å². The molecule has 0 aromatic carbocycles. The number of allylic oxidation sites excluding steroid dienone is 3. The fourth-order valence-corrected chi connectivity index (χ4v) is 2.96. The molecule has 140 valence electrons. The number of hydrogen-bond acceptors (Lipinski definition) is 6. The fraction of sp³-hybridized carbons (Fsp3) is 0.450. The third kappa shape index (κ3) is 4.19. The lowest BCUT2D eigenvalue weighted by Crippen LogP contribution is -2.39. The van der Waals surface area contributed by atoms with E-state index in [1.165, 1.54) is 25.2 Å². The lowest BCUT2D eigenvalue weighted by atomic mass is 9.82. The summed E-state index contributed by atoms with van der Waals surface area (Å²) in [6.45, 7) is 10.2. The first kappa shape index (κ1) is 19.8. The summed E-state index contributed by atoms with van der Waals surface area (Å²) in [5, 5.41) is 10.6. The first-order chi connectivity index (χ1) is 12.1. The zero-order valence-electron chi connectivity index (χ0n) is 15.4. The fourth-order valence-electron chi connectivity index (χ4n) is 2.96. The second kappa shape index (κ2) is 7.41. The van der Waals surface area contributed by atoms with E-state index in [1.807, 2.05) is 0 Å². The van der Waals surface area contributed by atoms with Gasteiger partial charge in [0.1, 0.15) is 12.2 Å². The van der Waals surface area contributed by atoms with Gasteiger partial charge >= 0.3 is 11.9 Å². The standard InChI is InChI=1S/C20H24O6/c1-6-11(2)18(22)26-16-10-20(5,24)8-7-14(21)12(3)9-15-17(16)13(4)19(23)25-15/h6-9,15-17,24H,4,10H2,1-3,5H3/b8-7+,11-6+,12-9+/t15-,16-,17+,20+/m1/s1. The van der Waals surface area contributed by atoms with Crippen molar-refractivity contribution in [3.63, 3.8) is 0 Å². The van der Waals surface area contributed by atoms with Gasteiger partial charge < -0.3 is 14.6 Å². The highest BCUT2D eigenvalue weighted by atomic mass is 16.6. The number of hydrogen-bond donors (Lipinski definition) is 1. The van der Waals surface area contributed by atoms with Gasteiger partial charge in [-0.2, -0.15) is 0 Å². The number of ether oxygens (including phenoxy) is 2. The van der Waals surface area contributed by atoms with E-state index in [4.69, 9.17) is 9.47 Å². The molecule has 1 aliphatic heterocycles. The lowest BCUT2D eigenvalue weighted by Gasteiger charge is -2.31. The minimum absolute atomic E-state index is 0.0107. The number of ketones is 1. The van der Waals surface area contributed by atoms with Crippen molar-refractivity contribution in [2.45, 2.75) is 51.9 Å². The Morgan fingerprint density at radius 3 is 2.73 bits per heavy atom. The predicted molar refractivity (Wildman–Crippen MR) is 95.0 cm³/mol.